The number of pyridine rings is 1. The number of H-pyrrole nitrogens is 1. The third-order valence-corrected chi connectivity index (χ3v) is 8.52. The predicted octanol–water partition coefficient (Wildman–Crippen LogP) is 5.30. The highest BCUT2D eigenvalue weighted by atomic mass is 16.5. The molecule has 3 heterocycles. The molecule has 1 N–H and O–H groups in total. The van der Waals surface area contributed by atoms with E-state index in [1.165, 1.54) is 6.20 Å². The SMILES string of the molecule is COc1ccc2cc1OCCCCN(C(=O)c1c[nH]c(=O)c3ccccc13)CC[C@@H]1c3ccccc3N(C(C)=O)[C@@H]1C2. The van der Waals surface area contributed by atoms with Gasteiger partial charge in [0.2, 0.25) is 5.91 Å². The van der Waals surface area contributed by atoms with Gasteiger partial charge >= 0.3 is 0 Å². The first-order valence-corrected chi connectivity index (χ1v) is 14.5. The minimum Gasteiger partial charge on any atom is -0.493 e. The van der Waals surface area contributed by atoms with Gasteiger partial charge < -0.3 is 24.3 Å². The molecule has 2 amide bonds. The van der Waals surface area contributed by atoms with Crippen LogP contribution in [-0.4, -0.2) is 54.5 Å². The highest BCUT2D eigenvalue weighted by Crippen LogP contribution is 2.44. The Labute approximate surface area is 244 Å². The van der Waals surface area contributed by atoms with Gasteiger partial charge in [0.25, 0.3) is 11.5 Å². The lowest BCUT2D eigenvalue weighted by Crippen LogP contribution is -2.41. The van der Waals surface area contributed by atoms with E-state index in [0.29, 0.717) is 60.4 Å². The van der Waals surface area contributed by atoms with E-state index in [1.807, 2.05) is 58.3 Å². The number of nitrogens with zero attached hydrogens (tertiary/aromatic N) is 2. The highest BCUT2D eigenvalue weighted by Gasteiger charge is 2.40. The summed E-state index contributed by atoms with van der Waals surface area (Å²) in [7, 11) is 1.63. The molecule has 0 saturated carbocycles. The van der Waals surface area contributed by atoms with Gasteiger partial charge in [-0.25, -0.2) is 0 Å². The Morgan fingerprint density at radius 1 is 0.976 bits per heavy atom. The van der Waals surface area contributed by atoms with Gasteiger partial charge in [-0.15, -0.1) is 0 Å². The van der Waals surface area contributed by atoms with E-state index in [1.54, 1.807) is 26.2 Å². The number of anilines is 1. The molecule has 0 aliphatic carbocycles. The summed E-state index contributed by atoms with van der Waals surface area (Å²) >= 11 is 0. The Morgan fingerprint density at radius 3 is 2.57 bits per heavy atom. The Bertz CT molecular complexity index is 1700. The first-order chi connectivity index (χ1) is 20.5. The van der Waals surface area contributed by atoms with Crippen molar-refractivity contribution in [1.82, 2.24) is 9.88 Å². The fourth-order valence-corrected chi connectivity index (χ4v) is 6.53. The molecule has 0 spiro atoms. The first kappa shape index (κ1) is 27.6. The highest BCUT2D eigenvalue weighted by molar-refractivity contribution is 6.06. The maximum atomic E-state index is 14.1. The van der Waals surface area contributed by atoms with Crippen LogP contribution < -0.4 is 19.9 Å². The van der Waals surface area contributed by atoms with Crippen molar-refractivity contribution in [1.29, 1.82) is 0 Å². The molecule has 2 aliphatic rings. The van der Waals surface area contributed by atoms with E-state index in [4.69, 9.17) is 9.47 Å². The number of fused-ring (bicyclic) bond motifs is 6. The van der Waals surface area contributed by atoms with Crippen LogP contribution in [0.25, 0.3) is 10.8 Å². The van der Waals surface area contributed by atoms with Crippen molar-refractivity contribution < 1.29 is 19.1 Å². The number of aromatic amines is 1. The van der Waals surface area contributed by atoms with Gasteiger partial charge in [-0.3, -0.25) is 14.4 Å². The third kappa shape index (κ3) is 5.13. The summed E-state index contributed by atoms with van der Waals surface area (Å²) in [4.78, 5) is 46.2. The standard InChI is InChI=1S/C34H35N3O5/c1-22(38)37-29-12-6-5-10-25(29)26-15-17-36(34(40)28-21-35-33(39)27-11-4-3-9-24(27)28)16-7-8-18-42-32-20-23(19-30(26)37)13-14-31(32)41-2/h3-6,9-14,20-21,26,30H,7-8,15-19H2,1-2H3,(H,35,39)/t26-,30-/m1/s1. The molecule has 8 heteroatoms. The molecule has 2 bridgehead atoms. The van der Waals surface area contributed by atoms with Gasteiger partial charge in [0, 0.05) is 54.6 Å². The predicted molar refractivity (Wildman–Crippen MR) is 163 cm³/mol. The number of hydrogen-bond donors (Lipinski definition) is 1. The van der Waals surface area contributed by atoms with Crippen molar-refractivity contribution >= 4 is 28.3 Å². The number of nitrogens with one attached hydrogen (secondary N) is 1. The largest absolute Gasteiger partial charge is 0.493 e. The number of aromatic nitrogens is 1. The molecule has 8 nitrogen and oxygen atoms in total. The monoisotopic (exact) mass is 565 g/mol. The number of hydrogen-bond acceptors (Lipinski definition) is 5. The Balaban J connectivity index is 1.39. The number of carbonyl (C=O) groups is 2. The van der Waals surface area contributed by atoms with Crippen LogP contribution in [0, 0.1) is 0 Å². The molecule has 2 atom stereocenters. The smallest absolute Gasteiger partial charge is 0.255 e. The molecule has 0 unspecified atom stereocenters. The van der Waals surface area contributed by atoms with Crippen molar-refractivity contribution in [3.05, 3.63) is 100.0 Å². The third-order valence-electron chi connectivity index (χ3n) is 8.52. The van der Waals surface area contributed by atoms with Crippen molar-refractivity contribution in [3.63, 3.8) is 0 Å². The lowest BCUT2D eigenvalue weighted by molar-refractivity contribution is -0.117. The van der Waals surface area contributed by atoms with Crippen molar-refractivity contribution in [3.8, 4) is 11.5 Å². The number of ether oxygens (including phenoxy) is 2. The maximum absolute atomic E-state index is 14.1. The van der Waals surface area contributed by atoms with E-state index in [0.717, 1.165) is 29.7 Å². The second kappa shape index (κ2) is 11.7. The normalized spacial score (nSPS) is 18.9. The molecule has 0 radical (unpaired) electrons. The minimum atomic E-state index is -0.214. The molecular weight excluding hydrogens is 530 g/mol. The number of carbonyl (C=O) groups excluding carboxylic acids is 2. The van der Waals surface area contributed by atoms with Gasteiger partial charge in [-0.1, -0.05) is 42.5 Å². The summed E-state index contributed by atoms with van der Waals surface area (Å²) in [5.74, 6) is 1.26. The quantitative estimate of drug-likeness (QED) is 0.356. The van der Waals surface area contributed by atoms with Gasteiger partial charge in [0.1, 0.15) is 0 Å². The van der Waals surface area contributed by atoms with Gasteiger partial charge in [0.05, 0.1) is 19.3 Å². The van der Waals surface area contributed by atoms with E-state index in [9.17, 15) is 14.4 Å². The summed E-state index contributed by atoms with van der Waals surface area (Å²) in [6, 6.07) is 21.2. The zero-order valence-electron chi connectivity index (χ0n) is 24.0. The summed E-state index contributed by atoms with van der Waals surface area (Å²) in [6.45, 7) is 3.16. The van der Waals surface area contributed by atoms with Crippen LogP contribution >= 0.6 is 0 Å². The Morgan fingerprint density at radius 2 is 1.76 bits per heavy atom. The van der Waals surface area contributed by atoms with Crippen LogP contribution in [0.1, 0.15) is 53.6 Å². The van der Waals surface area contributed by atoms with E-state index in [2.05, 4.69) is 11.1 Å². The average molecular weight is 566 g/mol. The van der Waals surface area contributed by atoms with Gasteiger partial charge in [0.15, 0.2) is 11.5 Å². The topological polar surface area (TPSA) is 91.9 Å². The summed E-state index contributed by atoms with van der Waals surface area (Å²) in [5.41, 5.74) is 3.38. The van der Waals surface area contributed by atoms with Crippen LogP contribution in [0.3, 0.4) is 0 Å². The van der Waals surface area contributed by atoms with Crippen LogP contribution in [-0.2, 0) is 11.2 Å². The molecule has 42 heavy (non-hydrogen) atoms. The van der Waals surface area contributed by atoms with Crippen LogP contribution in [0.15, 0.2) is 77.7 Å². The zero-order valence-corrected chi connectivity index (χ0v) is 24.0. The minimum absolute atomic E-state index is 0.00584. The Kier molecular flexibility index (Phi) is 7.69. The van der Waals surface area contributed by atoms with Crippen molar-refractivity contribution in [2.45, 2.75) is 44.6 Å². The number of rotatable bonds is 2. The second-order valence-corrected chi connectivity index (χ2v) is 11.0. The molecular formula is C34H35N3O5. The van der Waals surface area contributed by atoms with Gasteiger partial charge in [-0.2, -0.15) is 0 Å². The molecule has 2 aliphatic heterocycles. The summed E-state index contributed by atoms with van der Waals surface area (Å²) in [5, 5.41) is 1.14. The average Bonchev–Trinajstić information content (AvgIpc) is 3.31. The number of amides is 2. The molecule has 1 aromatic heterocycles. The Hall–Kier alpha value is -4.59. The van der Waals surface area contributed by atoms with Gasteiger partial charge in [-0.05, 0) is 61.1 Å². The van der Waals surface area contributed by atoms with Crippen molar-refractivity contribution in [2.24, 2.45) is 0 Å². The van der Waals surface area contributed by atoms with E-state index >= 15 is 0 Å². The molecule has 216 valence electrons. The second-order valence-electron chi connectivity index (χ2n) is 11.0. The lowest BCUT2D eigenvalue weighted by Gasteiger charge is -2.31. The lowest BCUT2D eigenvalue weighted by atomic mass is 9.87. The number of benzene rings is 3. The molecule has 6 rings (SSSR count). The van der Waals surface area contributed by atoms with Crippen LogP contribution in [0.4, 0.5) is 5.69 Å². The van der Waals surface area contributed by atoms with Crippen LogP contribution in [0.5, 0.6) is 11.5 Å². The fourth-order valence-electron chi connectivity index (χ4n) is 6.53. The number of methoxy groups -OCH3 is 1. The molecule has 4 aromatic rings. The van der Waals surface area contributed by atoms with E-state index in [-0.39, 0.29) is 29.3 Å². The number of para-hydroxylation sites is 1. The zero-order chi connectivity index (χ0) is 29.2. The van der Waals surface area contributed by atoms with Crippen LogP contribution in [0.2, 0.25) is 0 Å². The molecule has 0 fully saturated rings. The summed E-state index contributed by atoms with van der Waals surface area (Å²) < 4.78 is 11.7. The van der Waals surface area contributed by atoms with Crippen molar-refractivity contribution in [2.75, 3.05) is 31.7 Å². The summed E-state index contributed by atoms with van der Waals surface area (Å²) in [6.07, 6.45) is 4.37. The van der Waals surface area contributed by atoms with E-state index < -0.39 is 0 Å². The fraction of sp³-hybridized carbons (Fsp3) is 0.324. The maximum Gasteiger partial charge on any atom is 0.255 e. The first-order valence-electron chi connectivity index (χ1n) is 14.5. The molecule has 0 saturated heterocycles. The molecule has 3 aromatic carbocycles.